The van der Waals surface area contributed by atoms with Crippen LogP contribution in [-0.2, 0) is 5.41 Å². The lowest BCUT2D eigenvalue weighted by Gasteiger charge is -2.49. The summed E-state index contributed by atoms with van der Waals surface area (Å²) in [4.78, 5) is 0. The molecule has 1 aromatic rings. The van der Waals surface area contributed by atoms with Gasteiger partial charge in [0, 0.05) is 12.0 Å². The molecule has 1 N–H and O–H groups in total. The van der Waals surface area contributed by atoms with Gasteiger partial charge in [-0.25, -0.2) is 0 Å². The van der Waals surface area contributed by atoms with Crippen LogP contribution in [0.2, 0.25) is 10.0 Å². The molecule has 100 valence electrons. The standard InChI is InChI=1S/C15H21Cl2N/c1-3-8-18-10-15(7-6-11(15)2)12-4-5-13(16)14(17)9-12/h4-5,9,11,18H,3,6-8,10H2,1-2H3. The van der Waals surface area contributed by atoms with Crippen LogP contribution in [0.15, 0.2) is 18.2 Å². The summed E-state index contributed by atoms with van der Waals surface area (Å²) < 4.78 is 0. The summed E-state index contributed by atoms with van der Waals surface area (Å²) in [5.74, 6) is 0.707. The Bertz CT molecular complexity index is 419. The molecule has 1 saturated carbocycles. The minimum atomic E-state index is 0.253. The Morgan fingerprint density at radius 1 is 1.33 bits per heavy atom. The molecular weight excluding hydrogens is 265 g/mol. The second kappa shape index (κ2) is 5.81. The number of halogens is 2. The zero-order chi connectivity index (χ0) is 13.2. The molecule has 0 aliphatic heterocycles. The summed E-state index contributed by atoms with van der Waals surface area (Å²) in [5.41, 5.74) is 1.59. The Balaban J connectivity index is 2.21. The first kappa shape index (κ1) is 14.2. The van der Waals surface area contributed by atoms with Gasteiger partial charge in [-0.15, -0.1) is 0 Å². The molecule has 18 heavy (non-hydrogen) atoms. The molecule has 0 aromatic heterocycles. The zero-order valence-corrected chi connectivity index (χ0v) is 12.6. The monoisotopic (exact) mass is 285 g/mol. The fraction of sp³-hybridized carbons (Fsp3) is 0.600. The third-order valence-electron chi connectivity index (χ3n) is 4.33. The van der Waals surface area contributed by atoms with Gasteiger partial charge in [-0.2, -0.15) is 0 Å². The maximum atomic E-state index is 6.16. The predicted octanol–water partition coefficient (Wildman–Crippen LogP) is 4.66. The molecule has 1 aromatic carbocycles. The van der Waals surface area contributed by atoms with Crippen molar-refractivity contribution in [1.29, 1.82) is 0 Å². The second-order valence-corrected chi connectivity index (χ2v) is 6.22. The lowest BCUT2D eigenvalue weighted by Crippen LogP contribution is -2.50. The molecular formula is C15H21Cl2N. The van der Waals surface area contributed by atoms with Crippen LogP contribution in [0.4, 0.5) is 0 Å². The van der Waals surface area contributed by atoms with Gasteiger partial charge in [0.2, 0.25) is 0 Å². The summed E-state index contributed by atoms with van der Waals surface area (Å²) >= 11 is 12.2. The first-order valence-corrected chi connectivity index (χ1v) is 7.52. The molecule has 0 saturated heterocycles. The summed E-state index contributed by atoms with van der Waals surface area (Å²) in [6.07, 6.45) is 3.71. The molecule has 3 heteroatoms. The van der Waals surface area contributed by atoms with Crippen LogP contribution in [0.25, 0.3) is 0 Å². The first-order valence-electron chi connectivity index (χ1n) is 6.76. The minimum absolute atomic E-state index is 0.253. The van der Waals surface area contributed by atoms with E-state index in [0.717, 1.165) is 13.1 Å². The van der Waals surface area contributed by atoms with E-state index in [9.17, 15) is 0 Å². The number of benzene rings is 1. The summed E-state index contributed by atoms with van der Waals surface area (Å²) in [6.45, 7) is 6.65. The number of hydrogen-bond acceptors (Lipinski definition) is 1. The van der Waals surface area contributed by atoms with Gasteiger partial charge >= 0.3 is 0 Å². The van der Waals surface area contributed by atoms with Crippen LogP contribution in [0, 0.1) is 5.92 Å². The second-order valence-electron chi connectivity index (χ2n) is 5.40. The lowest BCUT2D eigenvalue weighted by molar-refractivity contribution is 0.134. The van der Waals surface area contributed by atoms with E-state index in [4.69, 9.17) is 23.2 Å². The number of hydrogen-bond donors (Lipinski definition) is 1. The smallest absolute Gasteiger partial charge is 0.0595 e. The average molecular weight is 286 g/mol. The molecule has 1 fully saturated rings. The van der Waals surface area contributed by atoms with E-state index < -0.39 is 0 Å². The van der Waals surface area contributed by atoms with Crippen LogP contribution in [0.5, 0.6) is 0 Å². The van der Waals surface area contributed by atoms with Crippen LogP contribution in [-0.4, -0.2) is 13.1 Å². The molecule has 2 unspecified atom stereocenters. The van der Waals surface area contributed by atoms with Crippen molar-refractivity contribution < 1.29 is 0 Å². The molecule has 1 aliphatic carbocycles. The van der Waals surface area contributed by atoms with Crippen molar-refractivity contribution in [1.82, 2.24) is 5.32 Å². The quantitative estimate of drug-likeness (QED) is 0.776. The highest BCUT2D eigenvalue weighted by Gasteiger charge is 2.44. The van der Waals surface area contributed by atoms with E-state index in [0.29, 0.717) is 16.0 Å². The van der Waals surface area contributed by atoms with Crippen LogP contribution < -0.4 is 5.32 Å². The highest BCUT2D eigenvalue weighted by atomic mass is 35.5. The maximum absolute atomic E-state index is 6.16. The Hall–Kier alpha value is -0.240. The summed E-state index contributed by atoms with van der Waals surface area (Å²) in [5, 5.41) is 4.88. The molecule has 1 nitrogen and oxygen atoms in total. The Morgan fingerprint density at radius 3 is 2.61 bits per heavy atom. The van der Waals surface area contributed by atoms with Gasteiger partial charge in [-0.1, -0.05) is 43.1 Å². The molecule has 0 heterocycles. The first-order chi connectivity index (χ1) is 8.60. The SMILES string of the molecule is CCCNCC1(c2ccc(Cl)c(Cl)c2)CCC1C. The summed E-state index contributed by atoms with van der Waals surface area (Å²) in [7, 11) is 0. The van der Waals surface area contributed by atoms with Crippen LogP contribution in [0.3, 0.4) is 0 Å². The van der Waals surface area contributed by atoms with E-state index in [1.807, 2.05) is 12.1 Å². The van der Waals surface area contributed by atoms with Gasteiger partial charge < -0.3 is 5.32 Å². The van der Waals surface area contributed by atoms with Crippen molar-refractivity contribution in [2.45, 2.75) is 38.5 Å². The fourth-order valence-corrected chi connectivity index (χ4v) is 3.17. The van der Waals surface area contributed by atoms with Crippen LogP contribution >= 0.6 is 23.2 Å². The van der Waals surface area contributed by atoms with Crippen molar-refractivity contribution in [3.8, 4) is 0 Å². The topological polar surface area (TPSA) is 12.0 Å². The zero-order valence-electron chi connectivity index (χ0n) is 11.1. The largest absolute Gasteiger partial charge is 0.316 e. The van der Waals surface area contributed by atoms with Crippen molar-refractivity contribution in [3.05, 3.63) is 33.8 Å². The third kappa shape index (κ3) is 2.54. The van der Waals surface area contributed by atoms with Gasteiger partial charge in [-0.3, -0.25) is 0 Å². The van der Waals surface area contributed by atoms with E-state index >= 15 is 0 Å². The van der Waals surface area contributed by atoms with Gasteiger partial charge in [-0.05, 0) is 49.4 Å². The van der Waals surface area contributed by atoms with Crippen molar-refractivity contribution in [2.75, 3.05) is 13.1 Å². The molecule has 1 aliphatic rings. The molecule has 2 rings (SSSR count). The summed E-state index contributed by atoms with van der Waals surface area (Å²) in [6, 6.07) is 6.11. The van der Waals surface area contributed by atoms with Gasteiger partial charge in [0.15, 0.2) is 0 Å². The van der Waals surface area contributed by atoms with Crippen molar-refractivity contribution in [3.63, 3.8) is 0 Å². The fourth-order valence-electron chi connectivity index (χ4n) is 2.87. The molecule has 0 amide bonds. The van der Waals surface area contributed by atoms with E-state index in [2.05, 4.69) is 25.2 Å². The average Bonchev–Trinajstić information content (AvgIpc) is 2.36. The van der Waals surface area contributed by atoms with Crippen molar-refractivity contribution >= 4 is 23.2 Å². The molecule has 0 radical (unpaired) electrons. The minimum Gasteiger partial charge on any atom is -0.316 e. The highest BCUT2D eigenvalue weighted by Crippen LogP contribution is 2.49. The number of nitrogens with one attached hydrogen (secondary N) is 1. The molecule has 0 bridgehead atoms. The maximum Gasteiger partial charge on any atom is 0.0595 e. The molecule has 2 atom stereocenters. The predicted molar refractivity (Wildman–Crippen MR) is 79.7 cm³/mol. The van der Waals surface area contributed by atoms with Crippen molar-refractivity contribution in [2.24, 2.45) is 5.92 Å². The Morgan fingerprint density at radius 2 is 2.11 bits per heavy atom. The van der Waals surface area contributed by atoms with Gasteiger partial charge in [0.25, 0.3) is 0 Å². The van der Waals surface area contributed by atoms with Gasteiger partial charge in [0.1, 0.15) is 0 Å². The van der Waals surface area contributed by atoms with E-state index in [-0.39, 0.29) is 5.41 Å². The third-order valence-corrected chi connectivity index (χ3v) is 5.07. The molecule has 0 spiro atoms. The number of rotatable bonds is 5. The lowest BCUT2D eigenvalue weighted by atomic mass is 9.57. The van der Waals surface area contributed by atoms with E-state index in [1.165, 1.54) is 24.8 Å². The van der Waals surface area contributed by atoms with Gasteiger partial charge in [0.05, 0.1) is 10.0 Å². The van der Waals surface area contributed by atoms with Crippen LogP contribution in [0.1, 0.15) is 38.7 Å². The highest BCUT2D eigenvalue weighted by molar-refractivity contribution is 6.42. The normalized spacial score (nSPS) is 27.0. The Kier molecular flexibility index (Phi) is 4.58. The van der Waals surface area contributed by atoms with E-state index in [1.54, 1.807) is 0 Å². The Labute approximate surface area is 120 Å².